The first-order chi connectivity index (χ1) is 14.3. The summed E-state index contributed by atoms with van der Waals surface area (Å²) in [6.07, 6.45) is -1.66. The molecule has 2 amide bonds. The average molecular weight is 455 g/mol. The monoisotopic (exact) mass is 454 g/mol. The molecular formula is C21H30N2O7S. The Kier molecular flexibility index (Phi) is 6.44. The van der Waals surface area contributed by atoms with E-state index >= 15 is 0 Å². The second-order valence-electron chi connectivity index (χ2n) is 9.34. The van der Waals surface area contributed by atoms with Gasteiger partial charge in [0, 0.05) is 36.0 Å². The fourth-order valence-corrected chi connectivity index (χ4v) is 5.48. The van der Waals surface area contributed by atoms with Crippen LogP contribution in [0.1, 0.15) is 48.0 Å². The molecule has 9 nitrogen and oxygen atoms in total. The molecule has 2 N–H and O–H groups in total. The highest BCUT2D eigenvalue weighted by Gasteiger charge is 2.60. The van der Waals surface area contributed by atoms with E-state index < -0.39 is 35.7 Å². The molecule has 2 unspecified atom stereocenters. The lowest BCUT2D eigenvalue weighted by Crippen LogP contribution is -2.63. The second-order valence-corrected chi connectivity index (χ2v) is 10.7. The van der Waals surface area contributed by atoms with E-state index in [4.69, 9.17) is 9.47 Å². The van der Waals surface area contributed by atoms with Crippen LogP contribution in [0.25, 0.3) is 0 Å². The van der Waals surface area contributed by atoms with Gasteiger partial charge in [0.1, 0.15) is 5.70 Å². The number of aliphatic hydroxyl groups excluding tert-OH is 1. The van der Waals surface area contributed by atoms with E-state index in [9.17, 15) is 24.3 Å². The summed E-state index contributed by atoms with van der Waals surface area (Å²) in [5.41, 5.74) is -0.643. The van der Waals surface area contributed by atoms with Crippen LogP contribution in [0.5, 0.6) is 0 Å². The predicted molar refractivity (Wildman–Crippen MR) is 112 cm³/mol. The summed E-state index contributed by atoms with van der Waals surface area (Å²) in [5.74, 6) is -2.48. The Morgan fingerprint density at radius 3 is 2.39 bits per heavy atom. The largest absolute Gasteiger partial charge is 0.425 e. The molecule has 6 atom stereocenters. The Labute approximate surface area is 185 Å². The quantitative estimate of drug-likeness (QED) is 0.348. The molecule has 0 aromatic heterocycles. The minimum atomic E-state index is -1.13. The van der Waals surface area contributed by atoms with Crippen LogP contribution in [0.3, 0.4) is 0 Å². The van der Waals surface area contributed by atoms with Crippen LogP contribution in [0.4, 0.5) is 0 Å². The number of carbonyl (C=O) groups excluding carboxylic acids is 4. The molecular weight excluding hydrogens is 424 g/mol. The summed E-state index contributed by atoms with van der Waals surface area (Å²) in [5, 5.41) is 12.8. The molecule has 0 radical (unpaired) electrons. The number of amides is 2. The first-order valence-corrected chi connectivity index (χ1v) is 11.3. The van der Waals surface area contributed by atoms with Gasteiger partial charge < -0.3 is 24.8 Å². The molecule has 2 fully saturated rings. The number of nitrogens with zero attached hydrogens (tertiary/aromatic N) is 1. The predicted octanol–water partition coefficient (Wildman–Crippen LogP) is 1.16. The maximum atomic E-state index is 13.1. The molecule has 10 heteroatoms. The molecule has 2 saturated heterocycles. The van der Waals surface area contributed by atoms with Crippen LogP contribution in [0, 0.1) is 17.3 Å². The molecule has 3 aliphatic rings. The van der Waals surface area contributed by atoms with Gasteiger partial charge >= 0.3 is 11.9 Å². The highest BCUT2D eigenvalue weighted by molar-refractivity contribution is 8.03. The molecule has 3 rings (SSSR count). The van der Waals surface area contributed by atoms with E-state index in [0.29, 0.717) is 17.9 Å². The Bertz CT molecular complexity index is 832. The van der Waals surface area contributed by atoms with Crippen molar-refractivity contribution in [3.63, 3.8) is 0 Å². The number of hydrogen-bond donors (Lipinski definition) is 2. The number of rotatable bonds is 6. The molecule has 0 aliphatic carbocycles. The van der Waals surface area contributed by atoms with Crippen LogP contribution in [0.15, 0.2) is 10.6 Å². The maximum absolute atomic E-state index is 13.1. The van der Waals surface area contributed by atoms with Crippen molar-refractivity contribution in [3.05, 3.63) is 10.6 Å². The smallest absolute Gasteiger partial charge is 0.358 e. The first kappa shape index (κ1) is 23.6. The fraction of sp³-hybridized carbons (Fsp3) is 0.714. The lowest BCUT2D eigenvalue weighted by molar-refractivity contribution is -0.191. The normalized spacial score (nSPS) is 29.8. The number of fused-ring (bicyclic) bond motifs is 1. The van der Waals surface area contributed by atoms with Crippen molar-refractivity contribution in [2.45, 2.75) is 71.6 Å². The van der Waals surface area contributed by atoms with E-state index in [-0.39, 0.29) is 34.7 Å². The number of aliphatic hydroxyl groups is 1. The summed E-state index contributed by atoms with van der Waals surface area (Å²) in [6.45, 7) is 10.4. The molecule has 0 spiro atoms. The number of ether oxygens (including phenoxy) is 2. The van der Waals surface area contributed by atoms with E-state index in [1.54, 1.807) is 27.7 Å². The number of hydrogen-bond acceptors (Lipinski definition) is 8. The van der Waals surface area contributed by atoms with Crippen LogP contribution in [-0.2, 0) is 28.7 Å². The highest BCUT2D eigenvalue weighted by atomic mass is 32.2. The zero-order valence-electron chi connectivity index (χ0n) is 18.6. The van der Waals surface area contributed by atoms with Crippen molar-refractivity contribution in [1.29, 1.82) is 0 Å². The zero-order valence-corrected chi connectivity index (χ0v) is 19.4. The second kappa shape index (κ2) is 8.46. The number of thioether (sulfide) groups is 1. The Morgan fingerprint density at radius 2 is 1.87 bits per heavy atom. The van der Waals surface area contributed by atoms with Crippen molar-refractivity contribution in [2.75, 3.05) is 6.54 Å². The maximum Gasteiger partial charge on any atom is 0.358 e. The van der Waals surface area contributed by atoms with Crippen LogP contribution < -0.4 is 5.32 Å². The average Bonchev–Trinajstić information content (AvgIpc) is 3.14. The summed E-state index contributed by atoms with van der Waals surface area (Å²) < 4.78 is 10.6. The molecule has 0 aromatic rings. The number of nitrogens with one attached hydrogen (secondary N) is 1. The van der Waals surface area contributed by atoms with Crippen LogP contribution in [0.2, 0.25) is 0 Å². The molecule has 3 aliphatic heterocycles. The third-order valence-corrected chi connectivity index (χ3v) is 7.18. The van der Waals surface area contributed by atoms with Gasteiger partial charge in [-0.3, -0.25) is 14.4 Å². The van der Waals surface area contributed by atoms with Gasteiger partial charge in [0.25, 0.3) is 0 Å². The van der Waals surface area contributed by atoms with E-state index in [2.05, 4.69) is 5.32 Å². The number of β-lactam (4-membered cyclic amide) rings is 1. The summed E-state index contributed by atoms with van der Waals surface area (Å²) in [4.78, 5) is 51.5. The van der Waals surface area contributed by atoms with Crippen molar-refractivity contribution in [3.8, 4) is 0 Å². The van der Waals surface area contributed by atoms with Gasteiger partial charge in [-0.05, 0) is 27.7 Å². The van der Waals surface area contributed by atoms with E-state index in [0.717, 1.165) is 0 Å². The lowest BCUT2D eigenvalue weighted by atomic mass is 9.79. The zero-order chi connectivity index (χ0) is 23.2. The third-order valence-electron chi connectivity index (χ3n) is 5.69. The van der Waals surface area contributed by atoms with Crippen molar-refractivity contribution >= 4 is 35.5 Å². The minimum absolute atomic E-state index is 0.0585. The van der Waals surface area contributed by atoms with Gasteiger partial charge in [-0.1, -0.05) is 6.92 Å². The molecule has 0 bridgehead atoms. The van der Waals surface area contributed by atoms with Crippen molar-refractivity contribution < 1.29 is 33.8 Å². The fourth-order valence-electron chi connectivity index (χ4n) is 4.07. The Hall–Kier alpha value is -2.07. The molecule has 0 aromatic carbocycles. The first-order valence-electron chi connectivity index (χ1n) is 10.4. The topological polar surface area (TPSA) is 122 Å². The van der Waals surface area contributed by atoms with Gasteiger partial charge in [0.2, 0.25) is 18.1 Å². The number of carbonyl (C=O) groups is 4. The molecule has 172 valence electrons. The van der Waals surface area contributed by atoms with E-state index in [1.807, 2.05) is 6.92 Å². The van der Waals surface area contributed by atoms with E-state index in [1.165, 1.54) is 23.6 Å². The lowest BCUT2D eigenvalue weighted by Gasteiger charge is -2.46. The van der Waals surface area contributed by atoms with Gasteiger partial charge in [0.05, 0.1) is 23.5 Å². The van der Waals surface area contributed by atoms with Crippen molar-refractivity contribution in [2.24, 2.45) is 17.3 Å². The SMILES string of the molecule is CC(OC(=O)C1=C(SC2CNC(=O)C2)[C@H](C)[C@@H]2[C@@H]([C@@H](C)O)C(=O)N12)OC(=O)C(C)(C)C. The van der Waals surface area contributed by atoms with Gasteiger partial charge in [-0.25, -0.2) is 4.79 Å². The standard InChI is InChI=1S/C21H30N2O7S/c1-9-15-14(10(2)24)18(26)23(15)16(17(9)31-12-7-13(25)22-8-12)19(27)29-11(3)30-20(28)21(4,5)6/h9-12,14-15,24H,7-8H2,1-6H3,(H,22,25)/t9-,10-,11?,12?,14-,15-/m1/s1. The third kappa shape index (κ3) is 4.45. The molecule has 31 heavy (non-hydrogen) atoms. The summed E-state index contributed by atoms with van der Waals surface area (Å²) in [7, 11) is 0. The Morgan fingerprint density at radius 1 is 1.23 bits per heavy atom. The van der Waals surface area contributed by atoms with Crippen LogP contribution >= 0.6 is 11.8 Å². The highest BCUT2D eigenvalue weighted by Crippen LogP contribution is 2.52. The van der Waals surface area contributed by atoms with Crippen molar-refractivity contribution in [1.82, 2.24) is 10.2 Å². The Balaban J connectivity index is 1.83. The van der Waals surface area contributed by atoms with Gasteiger partial charge in [0.15, 0.2) is 0 Å². The van der Waals surface area contributed by atoms with Gasteiger partial charge in [-0.15, -0.1) is 11.8 Å². The summed E-state index contributed by atoms with van der Waals surface area (Å²) in [6, 6.07) is -0.352. The van der Waals surface area contributed by atoms with Crippen LogP contribution in [-0.4, -0.2) is 64.0 Å². The molecule has 3 heterocycles. The summed E-state index contributed by atoms with van der Waals surface area (Å²) >= 11 is 1.38. The number of esters is 2. The minimum Gasteiger partial charge on any atom is -0.425 e. The molecule has 0 saturated carbocycles. The van der Waals surface area contributed by atoms with Gasteiger partial charge in [-0.2, -0.15) is 0 Å².